The van der Waals surface area contributed by atoms with Crippen LogP contribution in [0.2, 0.25) is 0 Å². The molecule has 1 saturated heterocycles. The normalized spacial score (nSPS) is 24.9. The van der Waals surface area contributed by atoms with E-state index >= 15 is 0 Å². The zero-order valence-electron chi connectivity index (χ0n) is 10.5. The van der Waals surface area contributed by atoms with Gasteiger partial charge in [0.1, 0.15) is 5.82 Å². The molecule has 2 atom stereocenters. The molecule has 94 valence electrons. The number of hydrogen-bond donors (Lipinski definition) is 1. The first kappa shape index (κ1) is 12.5. The zero-order valence-corrected chi connectivity index (χ0v) is 10.5. The Morgan fingerprint density at radius 2 is 2.29 bits per heavy atom. The molecular weight excluding hydrogens is 217 g/mol. The van der Waals surface area contributed by atoms with Crippen LogP contribution in [0.15, 0.2) is 18.2 Å². The predicted molar refractivity (Wildman–Crippen MR) is 66.4 cm³/mol. The number of aryl methyl sites for hydroxylation is 1. The number of nitrogens with one attached hydrogen (secondary N) is 1. The van der Waals surface area contributed by atoms with Crippen LogP contribution in [-0.4, -0.2) is 19.2 Å². The van der Waals surface area contributed by atoms with E-state index < -0.39 is 0 Å². The highest BCUT2D eigenvalue weighted by Gasteiger charge is 2.21. The van der Waals surface area contributed by atoms with Gasteiger partial charge in [-0.25, -0.2) is 4.39 Å². The lowest BCUT2D eigenvalue weighted by atomic mass is 9.97. The van der Waals surface area contributed by atoms with E-state index in [9.17, 15) is 4.39 Å². The summed E-state index contributed by atoms with van der Waals surface area (Å²) in [5, 5.41) is 3.34. The number of benzene rings is 1. The van der Waals surface area contributed by atoms with Crippen LogP contribution in [-0.2, 0) is 11.3 Å². The average molecular weight is 237 g/mol. The summed E-state index contributed by atoms with van der Waals surface area (Å²) in [6.07, 6.45) is 1.43. The maximum Gasteiger partial charge on any atom is 0.123 e. The monoisotopic (exact) mass is 237 g/mol. The molecule has 0 bridgehead atoms. The Morgan fingerprint density at radius 1 is 1.47 bits per heavy atom. The summed E-state index contributed by atoms with van der Waals surface area (Å²) in [5.41, 5.74) is 2.03. The fourth-order valence-electron chi connectivity index (χ4n) is 2.20. The molecule has 1 aliphatic rings. The Kier molecular flexibility index (Phi) is 4.13. The van der Waals surface area contributed by atoms with Crippen LogP contribution in [0.1, 0.15) is 24.5 Å². The van der Waals surface area contributed by atoms with Gasteiger partial charge in [-0.15, -0.1) is 0 Å². The first-order chi connectivity index (χ1) is 8.16. The topological polar surface area (TPSA) is 21.3 Å². The second-order valence-electron chi connectivity index (χ2n) is 4.89. The van der Waals surface area contributed by atoms with Gasteiger partial charge < -0.3 is 10.1 Å². The molecule has 0 aliphatic carbocycles. The lowest BCUT2D eigenvalue weighted by Crippen LogP contribution is -2.40. The molecule has 2 unspecified atom stereocenters. The Hall–Kier alpha value is -0.930. The van der Waals surface area contributed by atoms with E-state index in [2.05, 4.69) is 12.2 Å². The smallest absolute Gasteiger partial charge is 0.123 e. The molecule has 0 radical (unpaired) electrons. The lowest BCUT2D eigenvalue weighted by Gasteiger charge is -2.29. The SMILES string of the molecule is Cc1cc(F)ccc1COC1CNCCC1C. The Labute approximate surface area is 102 Å². The first-order valence-electron chi connectivity index (χ1n) is 6.24. The van der Waals surface area contributed by atoms with E-state index in [1.165, 1.54) is 6.07 Å². The summed E-state index contributed by atoms with van der Waals surface area (Å²) < 4.78 is 18.9. The van der Waals surface area contributed by atoms with Gasteiger partial charge in [-0.1, -0.05) is 13.0 Å². The van der Waals surface area contributed by atoms with E-state index in [1.54, 1.807) is 6.07 Å². The highest BCUT2D eigenvalue weighted by Crippen LogP contribution is 2.18. The van der Waals surface area contributed by atoms with E-state index in [4.69, 9.17) is 4.74 Å². The molecular formula is C14H20FNO. The molecule has 2 rings (SSSR count). The van der Waals surface area contributed by atoms with E-state index in [1.807, 2.05) is 13.0 Å². The van der Waals surface area contributed by atoms with Crippen molar-refractivity contribution < 1.29 is 9.13 Å². The van der Waals surface area contributed by atoms with Gasteiger partial charge in [-0.2, -0.15) is 0 Å². The lowest BCUT2D eigenvalue weighted by molar-refractivity contribution is -0.00678. The molecule has 0 saturated carbocycles. The Morgan fingerprint density at radius 3 is 3.00 bits per heavy atom. The van der Waals surface area contributed by atoms with Crippen LogP contribution in [0.3, 0.4) is 0 Å². The van der Waals surface area contributed by atoms with Crippen LogP contribution in [0, 0.1) is 18.7 Å². The Bertz CT molecular complexity index is 380. The van der Waals surface area contributed by atoms with Crippen molar-refractivity contribution in [1.82, 2.24) is 5.32 Å². The van der Waals surface area contributed by atoms with Gasteiger partial charge in [0.05, 0.1) is 12.7 Å². The number of rotatable bonds is 3. The third-order valence-corrected chi connectivity index (χ3v) is 3.51. The van der Waals surface area contributed by atoms with E-state index in [0.29, 0.717) is 12.5 Å². The molecule has 1 aliphatic heterocycles. The average Bonchev–Trinajstić information content (AvgIpc) is 2.30. The van der Waals surface area contributed by atoms with Crippen molar-refractivity contribution >= 4 is 0 Å². The van der Waals surface area contributed by atoms with Gasteiger partial charge in [-0.3, -0.25) is 0 Å². The minimum absolute atomic E-state index is 0.182. The van der Waals surface area contributed by atoms with Crippen LogP contribution in [0.4, 0.5) is 4.39 Å². The second-order valence-corrected chi connectivity index (χ2v) is 4.89. The molecule has 1 heterocycles. The first-order valence-corrected chi connectivity index (χ1v) is 6.24. The molecule has 0 aromatic heterocycles. The van der Waals surface area contributed by atoms with Crippen LogP contribution < -0.4 is 5.32 Å². The largest absolute Gasteiger partial charge is 0.372 e. The number of piperidine rings is 1. The molecule has 1 aromatic rings. The molecule has 17 heavy (non-hydrogen) atoms. The van der Waals surface area contributed by atoms with Gasteiger partial charge in [0.25, 0.3) is 0 Å². The van der Waals surface area contributed by atoms with E-state index in [-0.39, 0.29) is 11.9 Å². The van der Waals surface area contributed by atoms with Gasteiger partial charge in [-0.05, 0) is 49.1 Å². The fourth-order valence-corrected chi connectivity index (χ4v) is 2.20. The Balaban J connectivity index is 1.92. The third-order valence-electron chi connectivity index (χ3n) is 3.51. The summed E-state index contributed by atoms with van der Waals surface area (Å²) in [5.74, 6) is 0.413. The number of halogens is 1. The molecule has 0 amide bonds. The van der Waals surface area contributed by atoms with Gasteiger partial charge in [0, 0.05) is 6.54 Å². The minimum atomic E-state index is -0.182. The third kappa shape index (κ3) is 3.27. The number of ether oxygens (including phenoxy) is 1. The highest BCUT2D eigenvalue weighted by molar-refractivity contribution is 5.25. The van der Waals surface area contributed by atoms with Crippen molar-refractivity contribution in [3.05, 3.63) is 35.1 Å². The summed E-state index contributed by atoms with van der Waals surface area (Å²) >= 11 is 0. The van der Waals surface area contributed by atoms with Gasteiger partial charge >= 0.3 is 0 Å². The van der Waals surface area contributed by atoms with Gasteiger partial charge in [0.15, 0.2) is 0 Å². The predicted octanol–water partition coefficient (Wildman–Crippen LogP) is 2.65. The van der Waals surface area contributed by atoms with Crippen molar-refractivity contribution in [2.45, 2.75) is 33.0 Å². The molecule has 1 N–H and O–H groups in total. The zero-order chi connectivity index (χ0) is 12.3. The van der Waals surface area contributed by atoms with Crippen molar-refractivity contribution in [2.24, 2.45) is 5.92 Å². The van der Waals surface area contributed by atoms with Crippen LogP contribution >= 0.6 is 0 Å². The fraction of sp³-hybridized carbons (Fsp3) is 0.571. The summed E-state index contributed by atoms with van der Waals surface area (Å²) in [7, 11) is 0. The maximum atomic E-state index is 13.0. The summed E-state index contributed by atoms with van der Waals surface area (Å²) in [6.45, 7) is 6.72. The van der Waals surface area contributed by atoms with Crippen molar-refractivity contribution in [3.8, 4) is 0 Å². The quantitative estimate of drug-likeness (QED) is 0.872. The summed E-state index contributed by atoms with van der Waals surface area (Å²) in [4.78, 5) is 0. The molecule has 1 aromatic carbocycles. The molecule has 2 nitrogen and oxygen atoms in total. The standard InChI is InChI=1S/C14H20FNO/c1-10-5-6-16-8-14(10)17-9-12-3-4-13(15)7-11(12)2/h3-4,7,10,14,16H,5-6,8-9H2,1-2H3. The molecule has 0 spiro atoms. The van der Waals surface area contributed by atoms with Crippen LogP contribution in [0.25, 0.3) is 0 Å². The second kappa shape index (κ2) is 5.61. The number of hydrogen-bond acceptors (Lipinski definition) is 2. The van der Waals surface area contributed by atoms with Crippen LogP contribution in [0.5, 0.6) is 0 Å². The van der Waals surface area contributed by atoms with E-state index in [0.717, 1.165) is 30.6 Å². The van der Waals surface area contributed by atoms with Gasteiger partial charge in [0.2, 0.25) is 0 Å². The highest BCUT2D eigenvalue weighted by atomic mass is 19.1. The van der Waals surface area contributed by atoms with Crippen molar-refractivity contribution in [1.29, 1.82) is 0 Å². The molecule has 3 heteroatoms. The minimum Gasteiger partial charge on any atom is -0.372 e. The van der Waals surface area contributed by atoms with Crippen molar-refractivity contribution in [3.63, 3.8) is 0 Å². The maximum absolute atomic E-state index is 13.0. The molecule has 1 fully saturated rings. The van der Waals surface area contributed by atoms with Crippen molar-refractivity contribution in [2.75, 3.05) is 13.1 Å². The summed E-state index contributed by atoms with van der Waals surface area (Å²) in [6, 6.07) is 4.86.